The fourth-order valence-corrected chi connectivity index (χ4v) is 1.55. The van der Waals surface area contributed by atoms with Gasteiger partial charge >= 0.3 is 0 Å². The fraction of sp³-hybridized carbons (Fsp3) is 0.100. The lowest BCUT2D eigenvalue weighted by molar-refractivity contribution is 0.639. The van der Waals surface area contributed by atoms with E-state index in [1.54, 1.807) is 12.1 Å². The summed E-state index contributed by atoms with van der Waals surface area (Å²) in [5.74, 6) is -0.217. The topological polar surface area (TPSA) is 12.9 Å². The molecule has 13 heavy (non-hydrogen) atoms. The van der Waals surface area contributed by atoms with Crippen LogP contribution in [0, 0.1) is 5.82 Å². The molecular weight excluding hydrogens is 233 g/mol. The first-order valence-corrected chi connectivity index (χ1v) is 5.03. The molecule has 0 amide bonds. The summed E-state index contributed by atoms with van der Waals surface area (Å²) in [5.41, 5.74) is 1.62. The Balaban J connectivity index is 2.72. The van der Waals surface area contributed by atoms with Crippen LogP contribution in [0.1, 0.15) is 5.69 Å². The molecule has 66 valence electrons. The van der Waals surface area contributed by atoms with Crippen molar-refractivity contribution in [1.82, 2.24) is 4.98 Å². The second-order valence-corrected chi connectivity index (χ2v) is 3.30. The van der Waals surface area contributed by atoms with E-state index in [4.69, 9.17) is 0 Å². The van der Waals surface area contributed by atoms with Crippen molar-refractivity contribution < 1.29 is 4.39 Å². The molecule has 2 rings (SSSR count). The van der Waals surface area contributed by atoms with E-state index in [-0.39, 0.29) is 5.82 Å². The van der Waals surface area contributed by atoms with Gasteiger partial charge in [-0.1, -0.05) is 22.0 Å². The summed E-state index contributed by atoms with van der Waals surface area (Å²) in [4.78, 5) is 4.27. The molecule has 1 heterocycles. The minimum Gasteiger partial charge on any atom is -0.252 e. The molecule has 0 spiro atoms. The standard InChI is InChI=1S/C10H7BrFN/c11-6-7-4-5-8-9(12)2-1-3-10(8)13-7/h1-5H,6H2. The molecule has 0 atom stereocenters. The third kappa shape index (κ3) is 1.56. The molecule has 0 fully saturated rings. The molecule has 1 aromatic carbocycles. The molecular formula is C10H7BrFN. The quantitative estimate of drug-likeness (QED) is 0.697. The zero-order chi connectivity index (χ0) is 9.26. The third-order valence-corrected chi connectivity index (χ3v) is 2.45. The Morgan fingerprint density at radius 1 is 1.23 bits per heavy atom. The summed E-state index contributed by atoms with van der Waals surface area (Å²) in [5, 5.41) is 1.27. The van der Waals surface area contributed by atoms with E-state index in [1.807, 2.05) is 12.1 Å². The van der Waals surface area contributed by atoms with Gasteiger partial charge in [0.1, 0.15) is 5.82 Å². The Hall–Kier alpha value is -0.960. The van der Waals surface area contributed by atoms with Crippen molar-refractivity contribution >= 4 is 26.8 Å². The van der Waals surface area contributed by atoms with E-state index < -0.39 is 0 Å². The summed E-state index contributed by atoms with van der Waals surface area (Å²) < 4.78 is 13.2. The van der Waals surface area contributed by atoms with Gasteiger partial charge in [-0.25, -0.2) is 4.39 Å². The smallest absolute Gasteiger partial charge is 0.132 e. The van der Waals surface area contributed by atoms with E-state index in [9.17, 15) is 4.39 Å². The fourth-order valence-electron chi connectivity index (χ4n) is 1.23. The van der Waals surface area contributed by atoms with E-state index >= 15 is 0 Å². The van der Waals surface area contributed by atoms with Crippen LogP contribution in [-0.4, -0.2) is 4.98 Å². The van der Waals surface area contributed by atoms with Crippen molar-refractivity contribution in [3.05, 3.63) is 41.8 Å². The van der Waals surface area contributed by atoms with Crippen LogP contribution in [0.25, 0.3) is 10.9 Å². The Labute approximate surface area is 83.7 Å². The monoisotopic (exact) mass is 239 g/mol. The predicted molar refractivity (Wildman–Crippen MR) is 54.3 cm³/mol. The van der Waals surface area contributed by atoms with Gasteiger partial charge in [-0.15, -0.1) is 0 Å². The minimum absolute atomic E-state index is 0.217. The SMILES string of the molecule is Fc1cccc2nc(CBr)ccc12. The largest absolute Gasteiger partial charge is 0.252 e. The zero-order valence-corrected chi connectivity index (χ0v) is 8.38. The van der Waals surface area contributed by atoms with Crippen molar-refractivity contribution in [2.24, 2.45) is 0 Å². The average molecular weight is 240 g/mol. The van der Waals surface area contributed by atoms with E-state index in [2.05, 4.69) is 20.9 Å². The molecule has 0 aliphatic carbocycles. The number of alkyl halides is 1. The predicted octanol–water partition coefficient (Wildman–Crippen LogP) is 3.27. The maximum absolute atomic E-state index is 13.2. The molecule has 0 saturated carbocycles. The molecule has 0 N–H and O–H groups in total. The highest BCUT2D eigenvalue weighted by atomic mass is 79.9. The molecule has 0 saturated heterocycles. The minimum atomic E-state index is -0.217. The van der Waals surface area contributed by atoms with Gasteiger partial charge in [-0.2, -0.15) is 0 Å². The lowest BCUT2D eigenvalue weighted by atomic mass is 10.2. The van der Waals surface area contributed by atoms with Crippen LogP contribution in [-0.2, 0) is 5.33 Å². The molecule has 3 heteroatoms. The van der Waals surface area contributed by atoms with E-state index in [0.717, 1.165) is 5.69 Å². The van der Waals surface area contributed by atoms with Gasteiger partial charge in [0.25, 0.3) is 0 Å². The number of rotatable bonds is 1. The molecule has 2 aromatic rings. The molecule has 0 radical (unpaired) electrons. The van der Waals surface area contributed by atoms with Crippen molar-refractivity contribution in [3.8, 4) is 0 Å². The van der Waals surface area contributed by atoms with Crippen molar-refractivity contribution in [1.29, 1.82) is 0 Å². The third-order valence-electron chi connectivity index (χ3n) is 1.87. The van der Waals surface area contributed by atoms with Crippen LogP contribution in [0.3, 0.4) is 0 Å². The summed E-state index contributed by atoms with van der Waals surface area (Å²) in [6.07, 6.45) is 0. The maximum atomic E-state index is 13.2. The summed E-state index contributed by atoms with van der Waals surface area (Å²) in [6, 6.07) is 8.50. The zero-order valence-electron chi connectivity index (χ0n) is 6.80. The van der Waals surface area contributed by atoms with Gasteiger partial charge in [0.05, 0.1) is 11.2 Å². The van der Waals surface area contributed by atoms with Gasteiger partial charge in [0.2, 0.25) is 0 Å². The van der Waals surface area contributed by atoms with Gasteiger partial charge in [-0.3, -0.25) is 4.98 Å². The van der Waals surface area contributed by atoms with Crippen LogP contribution < -0.4 is 0 Å². The number of nitrogens with zero attached hydrogens (tertiary/aromatic N) is 1. The Kier molecular flexibility index (Phi) is 2.27. The van der Waals surface area contributed by atoms with Crippen molar-refractivity contribution in [3.63, 3.8) is 0 Å². The van der Waals surface area contributed by atoms with Crippen molar-refractivity contribution in [2.75, 3.05) is 0 Å². The van der Waals surface area contributed by atoms with Gasteiger partial charge in [-0.05, 0) is 24.3 Å². The highest BCUT2D eigenvalue weighted by molar-refractivity contribution is 9.08. The maximum Gasteiger partial charge on any atom is 0.132 e. The number of benzene rings is 1. The molecule has 0 unspecified atom stereocenters. The molecule has 1 aromatic heterocycles. The van der Waals surface area contributed by atoms with Gasteiger partial charge in [0, 0.05) is 10.7 Å². The number of halogens is 2. The van der Waals surface area contributed by atoms with E-state index in [0.29, 0.717) is 16.2 Å². The number of fused-ring (bicyclic) bond motifs is 1. The van der Waals surface area contributed by atoms with Crippen LogP contribution in [0.2, 0.25) is 0 Å². The van der Waals surface area contributed by atoms with Crippen LogP contribution >= 0.6 is 15.9 Å². The summed E-state index contributed by atoms with van der Waals surface area (Å²) in [6.45, 7) is 0. The van der Waals surface area contributed by atoms with Crippen molar-refractivity contribution in [2.45, 2.75) is 5.33 Å². The Morgan fingerprint density at radius 3 is 2.85 bits per heavy atom. The normalized spacial score (nSPS) is 10.6. The number of hydrogen-bond donors (Lipinski definition) is 0. The first-order chi connectivity index (χ1) is 6.31. The first-order valence-electron chi connectivity index (χ1n) is 3.91. The lowest BCUT2D eigenvalue weighted by Gasteiger charge is -1.99. The highest BCUT2D eigenvalue weighted by Gasteiger charge is 2.00. The summed E-state index contributed by atoms with van der Waals surface area (Å²) in [7, 11) is 0. The summed E-state index contributed by atoms with van der Waals surface area (Å²) >= 11 is 3.31. The van der Waals surface area contributed by atoms with Crippen LogP contribution in [0.15, 0.2) is 30.3 Å². The Bertz CT molecular complexity index is 442. The van der Waals surface area contributed by atoms with E-state index in [1.165, 1.54) is 6.07 Å². The highest BCUT2D eigenvalue weighted by Crippen LogP contribution is 2.16. The lowest BCUT2D eigenvalue weighted by Crippen LogP contribution is -1.87. The second kappa shape index (κ2) is 3.42. The van der Waals surface area contributed by atoms with Gasteiger partial charge < -0.3 is 0 Å². The van der Waals surface area contributed by atoms with Gasteiger partial charge in [0.15, 0.2) is 0 Å². The molecule has 0 aliphatic heterocycles. The average Bonchev–Trinajstić information content (AvgIpc) is 2.18. The molecule has 1 nitrogen and oxygen atoms in total. The second-order valence-electron chi connectivity index (χ2n) is 2.74. The Morgan fingerprint density at radius 2 is 2.08 bits per heavy atom. The molecule has 0 aliphatic rings. The van der Waals surface area contributed by atoms with Crippen LogP contribution in [0.4, 0.5) is 4.39 Å². The number of pyridine rings is 1. The number of hydrogen-bond acceptors (Lipinski definition) is 1. The van der Waals surface area contributed by atoms with Crippen LogP contribution in [0.5, 0.6) is 0 Å². The molecule has 0 bridgehead atoms. The first kappa shape index (κ1) is 8.63. The number of aromatic nitrogens is 1.